The van der Waals surface area contributed by atoms with E-state index in [2.05, 4.69) is 10.1 Å². The van der Waals surface area contributed by atoms with Crippen molar-refractivity contribution in [3.63, 3.8) is 0 Å². The van der Waals surface area contributed by atoms with Crippen LogP contribution in [0.3, 0.4) is 0 Å². The van der Waals surface area contributed by atoms with Gasteiger partial charge >= 0.3 is 0 Å². The van der Waals surface area contributed by atoms with Gasteiger partial charge in [-0.2, -0.15) is 4.98 Å². The van der Waals surface area contributed by atoms with E-state index in [-0.39, 0.29) is 12.5 Å². The standard InChI is InChI=1S/C21H21N3O5/c1-26-17-7-5-15(6-8-17)20-22-21(29-23-20)16-3-2-4-18(13-16)28-14-19(25)24-9-11-27-12-10-24/h2-8,13H,9-12,14H2,1H3. The van der Waals surface area contributed by atoms with Crippen LogP contribution in [-0.2, 0) is 9.53 Å². The van der Waals surface area contributed by atoms with Crippen molar-refractivity contribution in [2.75, 3.05) is 40.0 Å². The van der Waals surface area contributed by atoms with E-state index in [0.29, 0.717) is 49.3 Å². The maximum atomic E-state index is 12.2. The third-order valence-electron chi connectivity index (χ3n) is 4.58. The lowest BCUT2D eigenvalue weighted by molar-refractivity contribution is -0.137. The molecule has 8 nitrogen and oxygen atoms in total. The van der Waals surface area contributed by atoms with Crippen molar-refractivity contribution in [3.8, 4) is 34.3 Å². The van der Waals surface area contributed by atoms with Crippen LogP contribution in [0.1, 0.15) is 0 Å². The molecule has 0 saturated carbocycles. The number of hydrogen-bond donors (Lipinski definition) is 0. The molecule has 150 valence electrons. The molecule has 8 heteroatoms. The van der Waals surface area contributed by atoms with Gasteiger partial charge in [0, 0.05) is 24.2 Å². The molecule has 0 bridgehead atoms. The first-order chi connectivity index (χ1) is 14.2. The largest absolute Gasteiger partial charge is 0.497 e. The number of amides is 1. The summed E-state index contributed by atoms with van der Waals surface area (Å²) in [6, 6.07) is 14.6. The second kappa shape index (κ2) is 8.74. The fourth-order valence-corrected chi connectivity index (χ4v) is 2.97. The number of hydrogen-bond acceptors (Lipinski definition) is 7. The first-order valence-electron chi connectivity index (χ1n) is 9.30. The summed E-state index contributed by atoms with van der Waals surface area (Å²) in [5.74, 6) is 2.12. The lowest BCUT2D eigenvalue weighted by Gasteiger charge is -2.26. The number of benzene rings is 2. The minimum Gasteiger partial charge on any atom is -0.497 e. The van der Waals surface area contributed by atoms with E-state index in [9.17, 15) is 4.79 Å². The van der Waals surface area contributed by atoms with Gasteiger partial charge < -0.3 is 23.6 Å². The molecule has 0 N–H and O–H groups in total. The van der Waals surface area contributed by atoms with Crippen molar-refractivity contribution in [1.29, 1.82) is 0 Å². The molecule has 0 unspecified atom stereocenters. The summed E-state index contributed by atoms with van der Waals surface area (Å²) in [5.41, 5.74) is 1.54. The number of ether oxygens (including phenoxy) is 3. The molecule has 0 atom stereocenters. The molecular formula is C21H21N3O5. The van der Waals surface area contributed by atoms with Gasteiger partial charge in [0.15, 0.2) is 6.61 Å². The number of carbonyl (C=O) groups is 1. The highest BCUT2D eigenvalue weighted by atomic mass is 16.5. The Kier molecular flexibility index (Phi) is 5.71. The number of aromatic nitrogens is 2. The predicted octanol–water partition coefficient (Wildman–Crippen LogP) is 2.65. The van der Waals surface area contributed by atoms with Crippen LogP contribution in [-0.4, -0.2) is 61.0 Å². The number of morpholine rings is 1. The second-order valence-electron chi connectivity index (χ2n) is 6.46. The highest BCUT2D eigenvalue weighted by Crippen LogP contribution is 2.26. The summed E-state index contributed by atoms with van der Waals surface area (Å²) in [6.45, 7) is 2.30. The normalized spacial score (nSPS) is 13.9. The topological polar surface area (TPSA) is 86.9 Å². The monoisotopic (exact) mass is 395 g/mol. The van der Waals surface area contributed by atoms with Crippen LogP contribution in [0.25, 0.3) is 22.8 Å². The molecule has 1 amide bonds. The van der Waals surface area contributed by atoms with E-state index in [1.165, 1.54) is 0 Å². The zero-order valence-corrected chi connectivity index (χ0v) is 16.0. The van der Waals surface area contributed by atoms with E-state index in [0.717, 1.165) is 11.3 Å². The van der Waals surface area contributed by atoms with Gasteiger partial charge in [-0.25, -0.2) is 0 Å². The number of carbonyl (C=O) groups excluding carboxylic acids is 1. The van der Waals surface area contributed by atoms with Crippen molar-refractivity contribution in [2.45, 2.75) is 0 Å². The minimum absolute atomic E-state index is 0.0234. The van der Waals surface area contributed by atoms with Crippen LogP contribution in [0.4, 0.5) is 0 Å². The Balaban J connectivity index is 1.43. The van der Waals surface area contributed by atoms with E-state index in [1.807, 2.05) is 36.4 Å². The maximum absolute atomic E-state index is 12.2. The summed E-state index contributed by atoms with van der Waals surface area (Å²) in [6.07, 6.45) is 0. The average Bonchev–Trinajstić information content (AvgIpc) is 3.29. The predicted molar refractivity (Wildman–Crippen MR) is 105 cm³/mol. The van der Waals surface area contributed by atoms with Gasteiger partial charge in [0.25, 0.3) is 11.8 Å². The average molecular weight is 395 g/mol. The summed E-state index contributed by atoms with van der Waals surface area (Å²) in [7, 11) is 1.62. The third kappa shape index (κ3) is 4.55. The molecule has 4 rings (SSSR count). The molecule has 2 heterocycles. The highest BCUT2D eigenvalue weighted by molar-refractivity contribution is 5.78. The Morgan fingerprint density at radius 2 is 1.86 bits per heavy atom. The summed E-state index contributed by atoms with van der Waals surface area (Å²) >= 11 is 0. The minimum atomic E-state index is -0.0571. The smallest absolute Gasteiger partial charge is 0.260 e. The number of methoxy groups -OCH3 is 1. The Morgan fingerprint density at radius 1 is 1.07 bits per heavy atom. The summed E-state index contributed by atoms with van der Waals surface area (Å²) in [4.78, 5) is 18.4. The van der Waals surface area contributed by atoms with E-state index >= 15 is 0 Å². The van der Waals surface area contributed by atoms with E-state index < -0.39 is 0 Å². The van der Waals surface area contributed by atoms with Crippen LogP contribution < -0.4 is 9.47 Å². The van der Waals surface area contributed by atoms with Gasteiger partial charge in [-0.3, -0.25) is 4.79 Å². The molecule has 2 aromatic carbocycles. The molecule has 29 heavy (non-hydrogen) atoms. The lowest BCUT2D eigenvalue weighted by atomic mass is 10.2. The lowest BCUT2D eigenvalue weighted by Crippen LogP contribution is -2.42. The Morgan fingerprint density at radius 3 is 2.62 bits per heavy atom. The van der Waals surface area contributed by atoms with Gasteiger partial charge in [-0.05, 0) is 42.5 Å². The molecule has 0 radical (unpaired) electrons. The van der Waals surface area contributed by atoms with Crippen LogP contribution in [0.2, 0.25) is 0 Å². The van der Waals surface area contributed by atoms with Crippen LogP contribution in [0.15, 0.2) is 53.1 Å². The fraction of sp³-hybridized carbons (Fsp3) is 0.286. The van der Waals surface area contributed by atoms with Gasteiger partial charge in [0.05, 0.1) is 20.3 Å². The Labute approximate surface area is 168 Å². The molecule has 1 fully saturated rings. The number of nitrogens with zero attached hydrogens (tertiary/aromatic N) is 3. The maximum Gasteiger partial charge on any atom is 0.260 e. The molecule has 1 aliphatic heterocycles. The zero-order chi connectivity index (χ0) is 20.1. The van der Waals surface area contributed by atoms with Crippen molar-refractivity contribution in [1.82, 2.24) is 15.0 Å². The Bertz CT molecular complexity index is 964. The first-order valence-corrected chi connectivity index (χ1v) is 9.30. The SMILES string of the molecule is COc1ccc(-c2noc(-c3cccc(OCC(=O)N4CCOCC4)c3)n2)cc1. The van der Waals surface area contributed by atoms with Crippen molar-refractivity contribution < 1.29 is 23.5 Å². The summed E-state index contributed by atoms with van der Waals surface area (Å²) < 4.78 is 21.5. The fourth-order valence-electron chi connectivity index (χ4n) is 2.97. The third-order valence-corrected chi connectivity index (χ3v) is 4.58. The van der Waals surface area contributed by atoms with Crippen molar-refractivity contribution in [3.05, 3.63) is 48.5 Å². The summed E-state index contributed by atoms with van der Waals surface area (Å²) in [5, 5.41) is 4.04. The molecule has 1 saturated heterocycles. The second-order valence-corrected chi connectivity index (χ2v) is 6.46. The first kappa shape index (κ1) is 18.9. The molecular weight excluding hydrogens is 374 g/mol. The Hall–Kier alpha value is -3.39. The quantitative estimate of drug-likeness (QED) is 0.634. The zero-order valence-electron chi connectivity index (χ0n) is 16.0. The molecule has 3 aromatic rings. The highest BCUT2D eigenvalue weighted by Gasteiger charge is 2.17. The molecule has 1 aromatic heterocycles. The van der Waals surface area contributed by atoms with Crippen LogP contribution in [0, 0.1) is 0 Å². The molecule has 1 aliphatic rings. The van der Waals surface area contributed by atoms with Crippen molar-refractivity contribution in [2.24, 2.45) is 0 Å². The van der Waals surface area contributed by atoms with Gasteiger partial charge in [0.1, 0.15) is 11.5 Å². The van der Waals surface area contributed by atoms with E-state index in [4.69, 9.17) is 18.7 Å². The van der Waals surface area contributed by atoms with Crippen molar-refractivity contribution >= 4 is 5.91 Å². The molecule has 0 spiro atoms. The van der Waals surface area contributed by atoms with Gasteiger partial charge in [-0.15, -0.1) is 0 Å². The van der Waals surface area contributed by atoms with E-state index in [1.54, 1.807) is 24.1 Å². The van der Waals surface area contributed by atoms with Crippen LogP contribution in [0.5, 0.6) is 11.5 Å². The molecule has 0 aliphatic carbocycles. The van der Waals surface area contributed by atoms with Gasteiger partial charge in [0.2, 0.25) is 5.82 Å². The van der Waals surface area contributed by atoms with Crippen LogP contribution >= 0.6 is 0 Å². The van der Waals surface area contributed by atoms with Gasteiger partial charge in [-0.1, -0.05) is 11.2 Å². The number of rotatable bonds is 6.